The van der Waals surface area contributed by atoms with Gasteiger partial charge in [-0.3, -0.25) is 9.69 Å². The Morgan fingerprint density at radius 2 is 2.29 bits per heavy atom. The van der Waals surface area contributed by atoms with E-state index in [0.29, 0.717) is 24.9 Å². The van der Waals surface area contributed by atoms with Crippen LogP contribution in [0.2, 0.25) is 0 Å². The van der Waals surface area contributed by atoms with Gasteiger partial charge in [-0.05, 0) is 44.0 Å². The average molecular weight is 291 g/mol. The summed E-state index contributed by atoms with van der Waals surface area (Å²) in [6.45, 7) is 3.93. The molecule has 0 aliphatic carbocycles. The molecule has 1 aromatic carbocycles. The highest BCUT2D eigenvalue weighted by molar-refractivity contribution is 5.93. The number of hydrogen-bond acceptors (Lipinski definition) is 4. The molecule has 5 heteroatoms. The molecule has 1 heterocycles. The number of benzene rings is 1. The number of nitrogens with one attached hydrogen (secondary N) is 1. The van der Waals surface area contributed by atoms with Crippen LogP contribution in [0.5, 0.6) is 5.75 Å². The molecule has 1 aliphatic rings. The minimum Gasteiger partial charge on any atom is -0.495 e. The van der Waals surface area contributed by atoms with Crippen molar-refractivity contribution >= 4 is 11.6 Å². The van der Waals surface area contributed by atoms with E-state index in [-0.39, 0.29) is 5.91 Å². The first-order chi connectivity index (χ1) is 10.1. The monoisotopic (exact) mass is 291 g/mol. The number of likely N-dealkylation sites (tertiary alicyclic amines) is 1. The number of carbonyl (C=O) groups excluding carboxylic acids is 1. The van der Waals surface area contributed by atoms with E-state index < -0.39 is 0 Å². The van der Waals surface area contributed by atoms with E-state index >= 15 is 0 Å². The smallest absolute Gasteiger partial charge is 0.238 e. The van der Waals surface area contributed by atoms with Gasteiger partial charge in [-0.2, -0.15) is 0 Å². The van der Waals surface area contributed by atoms with E-state index in [0.717, 1.165) is 30.6 Å². The summed E-state index contributed by atoms with van der Waals surface area (Å²) in [5, 5.41) is 2.95. The highest BCUT2D eigenvalue weighted by Gasteiger charge is 2.23. The largest absolute Gasteiger partial charge is 0.495 e. The molecule has 116 valence electrons. The number of aryl methyl sites for hydroxylation is 1. The molecule has 1 saturated heterocycles. The maximum absolute atomic E-state index is 12.3. The molecule has 0 aromatic heterocycles. The van der Waals surface area contributed by atoms with Gasteiger partial charge in [-0.15, -0.1) is 0 Å². The lowest BCUT2D eigenvalue weighted by atomic mass is 10.0. The van der Waals surface area contributed by atoms with Crippen molar-refractivity contribution in [1.29, 1.82) is 0 Å². The Labute approximate surface area is 126 Å². The van der Waals surface area contributed by atoms with Crippen LogP contribution in [-0.4, -0.2) is 43.6 Å². The van der Waals surface area contributed by atoms with Gasteiger partial charge in [0, 0.05) is 12.6 Å². The number of hydrogen-bond donors (Lipinski definition) is 2. The van der Waals surface area contributed by atoms with E-state index in [2.05, 4.69) is 10.2 Å². The molecule has 5 nitrogen and oxygen atoms in total. The summed E-state index contributed by atoms with van der Waals surface area (Å²) < 4.78 is 5.29. The minimum absolute atomic E-state index is 0.0146. The molecule has 2 rings (SSSR count). The fourth-order valence-corrected chi connectivity index (χ4v) is 2.83. The van der Waals surface area contributed by atoms with Crippen molar-refractivity contribution in [3.8, 4) is 5.75 Å². The molecule has 21 heavy (non-hydrogen) atoms. The number of ether oxygens (including phenoxy) is 1. The molecule has 0 radical (unpaired) electrons. The predicted octanol–water partition coefficient (Wildman–Crippen LogP) is 1.76. The Balaban J connectivity index is 1.99. The summed E-state index contributed by atoms with van der Waals surface area (Å²) in [6.07, 6.45) is 3.42. The summed E-state index contributed by atoms with van der Waals surface area (Å²) in [4.78, 5) is 14.5. The molecule has 1 aromatic rings. The number of rotatable bonds is 5. The van der Waals surface area contributed by atoms with E-state index in [1.807, 2.05) is 25.1 Å². The first-order valence-corrected chi connectivity index (χ1v) is 7.52. The summed E-state index contributed by atoms with van der Waals surface area (Å²) >= 11 is 0. The van der Waals surface area contributed by atoms with Crippen LogP contribution in [0.3, 0.4) is 0 Å². The van der Waals surface area contributed by atoms with E-state index in [4.69, 9.17) is 10.5 Å². The van der Waals surface area contributed by atoms with Crippen LogP contribution in [0.1, 0.15) is 24.8 Å². The second kappa shape index (κ2) is 7.43. The number of carbonyl (C=O) groups is 1. The van der Waals surface area contributed by atoms with E-state index in [9.17, 15) is 4.79 Å². The topological polar surface area (TPSA) is 67.6 Å². The number of nitrogens with zero attached hydrogens (tertiary/aromatic N) is 1. The maximum Gasteiger partial charge on any atom is 0.238 e. The first-order valence-electron chi connectivity index (χ1n) is 7.52. The van der Waals surface area contributed by atoms with Crippen molar-refractivity contribution < 1.29 is 9.53 Å². The molecule has 0 bridgehead atoms. The van der Waals surface area contributed by atoms with Gasteiger partial charge in [-0.25, -0.2) is 0 Å². The van der Waals surface area contributed by atoms with Crippen LogP contribution in [0.25, 0.3) is 0 Å². The highest BCUT2D eigenvalue weighted by Crippen LogP contribution is 2.25. The number of amides is 1. The standard InChI is InChI=1S/C16H25N3O2/c1-12-6-7-15(21-2)14(9-12)18-16(20)11-19-8-4-3-5-13(19)10-17/h6-7,9,13H,3-5,8,10-11,17H2,1-2H3,(H,18,20). The number of nitrogens with two attached hydrogens (primary N) is 1. The predicted molar refractivity (Wildman–Crippen MR) is 84.6 cm³/mol. The summed E-state index contributed by atoms with van der Waals surface area (Å²) in [6, 6.07) is 6.08. The maximum atomic E-state index is 12.3. The van der Waals surface area contributed by atoms with E-state index in [1.54, 1.807) is 7.11 Å². The lowest BCUT2D eigenvalue weighted by Gasteiger charge is -2.34. The van der Waals surface area contributed by atoms with Crippen LogP contribution >= 0.6 is 0 Å². The van der Waals surface area contributed by atoms with Crippen LogP contribution in [0, 0.1) is 6.92 Å². The molecule has 0 spiro atoms. The minimum atomic E-state index is -0.0146. The number of anilines is 1. The van der Waals surface area contributed by atoms with Gasteiger partial charge in [-0.1, -0.05) is 12.5 Å². The quantitative estimate of drug-likeness (QED) is 0.867. The van der Waals surface area contributed by atoms with Gasteiger partial charge >= 0.3 is 0 Å². The Morgan fingerprint density at radius 3 is 3.00 bits per heavy atom. The zero-order valence-corrected chi connectivity index (χ0v) is 12.9. The van der Waals surface area contributed by atoms with Gasteiger partial charge in [0.2, 0.25) is 5.91 Å². The number of piperidine rings is 1. The van der Waals surface area contributed by atoms with Crippen molar-refractivity contribution in [1.82, 2.24) is 4.90 Å². The van der Waals surface area contributed by atoms with Gasteiger partial charge in [0.25, 0.3) is 0 Å². The summed E-state index contributed by atoms with van der Waals surface area (Å²) in [5.74, 6) is 0.669. The van der Waals surface area contributed by atoms with Crippen molar-refractivity contribution in [3.63, 3.8) is 0 Å². The second-order valence-electron chi connectivity index (χ2n) is 5.61. The normalized spacial score (nSPS) is 19.3. The molecule has 1 amide bonds. The molecular weight excluding hydrogens is 266 g/mol. The Kier molecular flexibility index (Phi) is 5.59. The van der Waals surface area contributed by atoms with Crippen LogP contribution in [0.4, 0.5) is 5.69 Å². The van der Waals surface area contributed by atoms with Crippen molar-refractivity contribution in [2.75, 3.05) is 32.1 Å². The van der Waals surface area contributed by atoms with Crippen LogP contribution < -0.4 is 15.8 Å². The molecule has 1 atom stereocenters. The first kappa shape index (κ1) is 15.8. The van der Waals surface area contributed by atoms with Crippen molar-refractivity contribution in [2.24, 2.45) is 5.73 Å². The molecule has 3 N–H and O–H groups in total. The van der Waals surface area contributed by atoms with Gasteiger partial charge in [0.15, 0.2) is 0 Å². The fourth-order valence-electron chi connectivity index (χ4n) is 2.83. The van der Waals surface area contributed by atoms with Crippen molar-refractivity contribution in [2.45, 2.75) is 32.2 Å². The molecular formula is C16H25N3O2. The lowest BCUT2D eigenvalue weighted by molar-refractivity contribution is -0.118. The molecule has 1 unspecified atom stereocenters. The average Bonchev–Trinajstić information content (AvgIpc) is 2.48. The zero-order valence-electron chi connectivity index (χ0n) is 12.9. The van der Waals surface area contributed by atoms with Gasteiger partial charge in [0.05, 0.1) is 19.3 Å². The summed E-state index contributed by atoms with van der Waals surface area (Å²) in [5.41, 5.74) is 7.61. The third-order valence-corrected chi connectivity index (χ3v) is 4.00. The van der Waals surface area contributed by atoms with Gasteiger partial charge < -0.3 is 15.8 Å². The lowest BCUT2D eigenvalue weighted by Crippen LogP contribution is -2.47. The second-order valence-corrected chi connectivity index (χ2v) is 5.61. The third kappa shape index (κ3) is 4.19. The van der Waals surface area contributed by atoms with Gasteiger partial charge in [0.1, 0.15) is 5.75 Å². The third-order valence-electron chi connectivity index (χ3n) is 4.00. The Bertz CT molecular complexity index is 490. The SMILES string of the molecule is COc1ccc(C)cc1NC(=O)CN1CCCCC1CN. The Hall–Kier alpha value is -1.59. The Morgan fingerprint density at radius 1 is 1.48 bits per heavy atom. The number of methoxy groups -OCH3 is 1. The van der Waals surface area contributed by atoms with E-state index in [1.165, 1.54) is 6.42 Å². The molecule has 1 aliphatic heterocycles. The molecule has 1 fully saturated rings. The fraction of sp³-hybridized carbons (Fsp3) is 0.562. The molecule has 0 saturated carbocycles. The van der Waals surface area contributed by atoms with Crippen molar-refractivity contribution in [3.05, 3.63) is 23.8 Å². The van der Waals surface area contributed by atoms with Crippen LogP contribution in [-0.2, 0) is 4.79 Å². The highest BCUT2D eigenvalue weighted by atomic mass is 16.5. The van der Waals surface area contributed by atoms with Crippen LogP contribution in [0.15, 0.2) is 18.2 Å². The summed E-state index contributed by atoms with van der Waals surface area (Å²) in [7, 11) is 1.61. The zero-order chi connectivity index (χ0) is 15.2.